The summed E-state index contributed by atoms with van der Waals surface area (Å²) in [7, 11) is -3.81. The minimum absolute atomic E-state index is 0.124. The number of sulfonamides is 1. The van der Waals surface area contributed by atoms with Gasteiger partial charge in [0.2, 0.25) is 16.0 Å². The summed E-state index contributed by atoms with van der Waals surface area (Å²) in [6, 6.07) is -1.62. The van der Waals surface area contributed by atoms with Crippen LogP contribution in [0.5, 0.6) is 0 Å². The summed E-state index contributed by atoms with van der Waals surface area (Å²) in [5.74, 6) is -0.168. The van der Waals surface area contributed by atoms with Crippen LogP contribution in [-0.4, -0.2) is 32.5 Å². The predicted molar refractivity (Wildman–Crippen MR) is 62.7 cm³/mol. The largest absolute Gasteiger partial charge is 0.459 e. The van der Waals surface area contributed by atoms with Crippen molar-refractivity contribution < 1.29 is 22.3 Å². The van der Waals surface area contributed by atoms with Crippen LogP contribution in [0.15, 0.2) is 12.7 Å². The van der Waals surface area contributed by atoms with Gasteiger partial charge in [-0.3, -0.25) is 0 Å². The Balaban J connectivity index is 1.91. The summed E-state index contributed by atoms with van der Waals surface area (Å²) in [5.41, 5.74) is 0. The summed E-state index contributed by atoms with van der Waals surface area (Å²) in [6.07, 6.45) is 3.00. The molecule has 2 fully saturated rings. The predicted octanol–water partition coefficient (Wildman–Crippen LogP) is 0.729. The van der Waals surface area contributed by atoms with Gasteiger partial charge >= 0.3 is 5.97 Å². The molecule has 0 aromatic heterocycles. The highest BCUT2D eigenvalue weighted by Gasteiger charge is 2.48. The van der Waals surface area contributed by atoms with Crippen molar-refractivity contribution in [1.82, 2.24) is 4.72 Å². The van der Waals surface area contributed by atoms with Gasteiger partial charge in [-0.15, -0.1) is 0 Å². The van der Waals surface area contributed by atoms with Gasteiger partial charge in [0.25, 0.3) is 0 Å². The number of esters is 1. The number of nitrogens with one attached hydrogen (secondary N) is 1. The molecular weight excluding hydrogens is 261 g/mol. The second kappa shape index (κ2) is 4.97. The maximum absolute atomic E-state index is 12.2. The van der Waals surface area contributed by atoms with Crippen molar-refractivity contribution in [2.24, 2.45) is 11.8 Å². The third kappa shape index (κ3) is 2.72. The van der Waals surface area contributed by atoms with Gasteiger partial charge in [-0.05, 0) is 31.1 Å². The van der Waals surface area contributed by atoms with Gasteiger partial charge in [0, 0.05) is 12.1 Å². The van der Waals surface area contributed by atoms with Crippen molar-refractivity contribution >= 4 is 16.0 Å². The minimum Gasteiger partial charge on any atom is -0.459 e. The van der Waals surface area contributed by atoms with E-state index in [0.717, 1.165) is 12.5 Å². The molecule has 5 nitrogen and oxygen atoms in total. The molecule has 0 aromatic carbocycles. The van der Waals surface area contributed by atoms with Crippen LogP contribution in [0.2, 0.25) is 0 Å². The van der Waals surface area contributed by atoms with E-state index >= 15 is 0 Å². The average molecular weight is 277 g/mol. The monoisotopic (exact) mass is 277 g/mol. The van der Waals surface area contributed by atoms with Crippen LogP contribution in [0.3, 0.4) is 0 Å². The van der Waals surface area contributed by atoms with Crippen molar-refractivity contribution in [3.63, 3.8) is 0 Å². The molecule has 4 atom stereocenters. The van der Waals surface area contributed by atoms with E-state index in [0.29, 0.717) is 12.8 Å². The summed E-state index contributed by atoms with van der Waals surface area (Å²) >= 11 is 0. The Morgan fingerprint density at radius 1 is 1.39 bits per heavy atom. The number of carbonyl (C=O) groups is 1. The van der Waals surface area contributed by atoms with Crippen LogP contribution < -0.4 is 4.72 Å². The molecule has 1 N–H and O–H groups in total. The molecule has 0 amide bonds. The van der Waals surface area contributed by atoms with Gasteiger partial charge < -0.3 is 4.74 Å². The first-order valence-corrected chi connectivity index (χ1v) is 7.49. The van der Waals surface area contributed by atoms with E-state index in [2.05, 4.69) is 11.3 Å². The molecule has 2 aliphatic carbocycles. The van der Waals surface area contributed by atoms with Crippen molar-refractivity contribution in [1.29, 1.82) is 0 Å². The molecule has 0 heterocycles. The van der Waals surface area contributed by atoms with E-state index in [1.165, 1.54) is 0 Å². The Labute approximate surface area is 105 Å². The fraction of sp³-hybridized carbons (Fsp3) is 0.727. The summed E-state index contributed by atoms with van der Waals surface area (Å²) in [6.45, 7) is 3.33. The molecular formula is C11H16FNO4S. The maximum atomic E-state index is 12.2. The molecule has 2 aliphatic rings. The number of hydrogen-bond acceptors (Lipinski definition) is 4. The zero-order valence-electron chi connectivity index (χ0n) is 9.84. The molecule has 0 saturated heterocycles. The Morgan fingerprint density at radius 2 is 2.11 bits per heavy atom. The second-order valence-electron chi connectivity index (χ2n) is 4.85. The zero-order chi connectivity index (χ0) is 13.3. The molecule has 4 unspecified atom stereocenters. The lowest BCUT2D eigenvalue weighted by Crippen LogP contribution is -2.41. The first-order valence-electron chi connectivity index (χ1n) is 5.84. The van der Waals surface area contributed by atoms with E-state index in [-0.39, 0.29) is 24.0 Å². The van der Waals surface area contributed by atoms with Crippen LogP contribution in [0, 0.1) is 11.8 Å². The number of hydrogen-bond donors (Lipinski definition) is 1. The Kier molecular flexibility index (Phi) is 3.72. The molecule has 0 aromatic rings. The maximum Gasteiger partial charge on any atom is 0.330 e. The molecule has 2 rings (SSSR count). The summed E-state index contributed by atoms with van der Waals surface area (Å²) in [4.78, 5) is 11.1. The van der Waals surface area contributed by atoms with Gasteiger partial charge in [0.05, 0.1) is 0 Å². The average Bonchev–Trinajstić information content (AvgIpc) is 2.87. The SMILES string of the molecule is C=CC(=O)OC1CC2CC1CC2NS(=O)(=O)CF. The summed E-state index contributed by atoms with van der Waals surface area (Å²) < 4.78 is 42.1. The van der Waals surface area contributed by atoms with Crippen LogP contribution in [0.4, 0.5) is 4.39 Å². The second-order valence-corrected chi connectivity index (χ2v) is 6.54. The highest BCUT2D eigenvalue weighted by Crippen LogP contribution is 2.46. The number of halogens is 1. The van der Waals surface area contributed by atoms with Crippen LogP contribution in [-0.2, 0) is 19.6 Å². The first-order chi connectivity index (χ1) is 8.45. The van der Waals surface area contributed by atoms with E-state index in [1.807, 2.05) is 0 Å². The molecule has 2 bridgehead atoms. The van der Waals surface area contributed by atoms with Crippen LogP contribution in [0.1, 0.15) is 19.3 Å². The quantitative estimate of drug-likeness (QED) is 0.594. The smallest absolute Gasteiger partial charge is 0.330 e. The fourth-order valence-corrected chi connectivity index (χ4v) is 3.78. The standard InChI is InChI=1S/C11H16FNO4S/c1-2-11(14)17-10-5-7-3-8(10)4-9(7)13-18(15,16)6-12/h2,7-10,13H,1,3-6H2. The highest BCUT2D eigenvalue weighted by atomic mass is 32.2. The van der Waals surface area contributed by atoms with Crippen molar-refractivity contribution in [3.8, 4) is 0 Å². The number of rotatable bonds is 5. The normalized spacial score (nSPS) is 34.5. The van der Waals surface area contributed by atoms with Gasteiger partial charge in [0.1, 0.15) is 6.10 Å². The number of fused-ring (bicyclic) bond motifs is 2. The molecule has 2 saturated carbocycles. The van der Waals surface area contributed by atoms with Crippen LogP contribution >= 0.6 is 0 Å². The summed E-state index contributed by atoms with van der Waals surface area (Å²) in [5, 5.41) is 0. The van der Waals surface area contributed by atoms with E-state index in [1.54, 1.807) is 0 Å². The molecule has 18 heavy (non-hydrogen) atoms. The highest BCUT2D eigenvalue weighted by molar-refractivity contribution is 7.89. The Hall–Kier alpha value is -0.950. The van der Waals surface area contributed by atoms with E-state index in [9.17, 15) is 17.6 Å². The van der Waals surface area contributed by atoms with Gasteiger partial charge in [-0.25, -0.2) is 22.3 Å². The van der Waals surface area contributed by atoms with Crippen LogP contribution in [0.25, 0.3) is 0 Å². The molecule has 102 valence electrons. The van der Waals surface area contributed by atoms with Crippen molar-refractivity contribution in [3.05, 3.63) is 12.7 Å². The Morgan fingerprint density at radius 3 is 2.61 bits per heavy atom. The third-order valence-corrected chi connectivity index (χ3v) is 4.65. The van der Waals surface area contributed by atoms with E-state index < -0.39 is 22.0 Å². The lowest BCUT2D eigenvalue weighted by molar-refractivity contribution is -0.145. The van der Waals surface area contributed by atoms with Crippen molar-refractivity contribution in [2.45, 2.75) is 31.4 Å². The minimum atomic E-state index is -3.81. The topological polar surface area (TPSA) is 72.5 Å². The van der Waals surface area contributed by atoms with Crippen molar-refractivity contribution in [2.75, 3.05) is 6.01 Å². The fourth-order valence-electron chi connectivity index (χ4n) is 2.97. The Bertz CT molecular complexity index is 450. The van der Waals surface area contributed by atoms with E-state index in [4.69, 9.17) is 4.74 Å². The molecule has 0 aliphatic heterocycles. The molecule has 7 heteroatoms. The number of carbonyl (C=O) groups excluding carboxylic acids is 1. The number of alkyl halides is 1. The lowest BCUT2D eigenvalue weighted by atomic mass is 9.94. The van der Waals surface area contributed by atoms with Gasteiger partial charge in [-0.2, -0.15) is 0 Å². The lowest BCUT2D eigenvalue weighted by Gasteiger charge is -2.27. The van der Waals surface area contributed by atoms with Gasteiger partial charge in [-0.1, -0.05) is 6.58 Å². The zero-order valence-corrected chi connectivity index (χ0v) is 10.7. The third-order valence-electron chi connectivity index (χ3n) is 3.70. The first kappa shape index (κ1) is 13.5. The number of ether oxygens (including phenoxy) is 1. The molecule has 0 spiro atoms. The molecule has 0 radical (unpaired) electrons. The van der Waals surface area contributed by atoms with Gasteiger partial charge in [0.15, 0.2) is 0 Å².